The van der Waals surface area contributed by atoms with E-state index in [1.54, 1.807) is 0 Å². The Hall–Kier alpha value is -0.770. The van der Waals surface area contributed by atoms with Crippen molar-refractivity contribution < 1.29 is 0 Å². The number of fused-ring (bicyclic) bond motifs is 1. The Labute approximate surface area is 122 Å². The number of benzene rings is 1. The molecular weight excluding hydrogens is 258 g/mol. The second kappa shape index (κ2) is 6.60. The van der Waals surface area contributed by atoms with Gasteiger partial charge in [-0.05, 0) is 63.1 Å². The van der Waals surface area contributed by atoms with Gasteiger partial charge in [-0.3, -0.25) is 0 Å². The van der Waals surface area contributed by atoms with Gasteiger partial charge in [-0.1, -0.05) is 12.1 Å². The fourth-order valence-corrected chi connectivity index (χ4v) is 3.02. The van der Waals surface area contributed by atoms with Gasteiger partial charge in [-0.2, -0.15) is 0 Å². The zero-order valence-corrected chi connectivity index (χ0v) is 12.4. The Morgan fingerprint density at radius 3 is 2.84 bits per heavy atom. The summed E-state index contributed by atoms with van der Waals surface area (Å²) in [4.78, 5) is 2.42. The predicted octanol–water partition coefficient (Wildman–Crippen LogP) is 2.26. The van der Waals surface area contributed by atoms with Crippen molar-refractivity contribution in [2.24, 2.45) is 0 Å². The summed E-state index contributed by atoms with van der Waals surface area (Å²) in [5.41, 5.74) is 4.36. The third-order valence-electron chi connectivity index (χ3n) is 4.22. The molecule has 3 nitrogen and oxygen atoms in total. The van der Waals surface area contributed by atoms with Gasteiger partial charge in [-0.15, -0.1) is 12.4 Å². The molecule has 1 aromatic carbocycles. The number of piperidine rings is 1. The summed E-state index contributed by atoms with van der Waals surface area (Å²) < 4.78 is 0. The number of hydrogen-bond donors (Lipinski definition) is 2. The number of hydrogen-bond acceptors (Lipinski definition) is 3. The minimum Gasteiger partial charge on any atom is -0.382 e. The molecule has 0 radical (unpaired) electrons. The maximum absolute atomic E-state index is 3.76. The van der Waals surface area contributed by atoms with Crippen LogP contribution in [-0.4, -0.2) is 37.6 Å². The van der Waals surface area contributed by atoms with Crippen molar-refractivity contribution in [1.29, 1.82) is 0 Å². The van der Waals surface area contributed by atoms with Crippen LogP contribution in [0.1, 0.15) is 24.0 Å². The molecule has 0 aromatic heterocycles. The number of anilines is 1. The molecule has 0 unspecified atom stereocenters. The lowest BCUT2D eigenvalue weighted by Gasteiger charge is -2.31. The molecule has 1 fully saturated rings. The fourth-order valence-electron chi connectivity index (χ4n) is 3.02. The first-order valence-electron chi connectivity index (χ1n) is 7.09. The number of halogens is 1. The van der Waals surface area contributed by atoms with E-state index in [2.05, 4.69) is 40.8 Å². The van der Waals surface area contributed by atoms with E-state index in [1.807, 2.05) is 0 Å². The molecule has 0 aliphatic carbocycles. The molecule has 2 aliphatic rings. The van der Waals surface area contributed by atoms with Crippen LogP contribution in [0.25, 0.3) is 0 Å². The molecular formula is C15H24ClN3. The number of nitrogens with zero attached hydrogens (tertiary/aromatic N) is 1. The molecule has 2 N–H and O–H groups in total. The third kappa shape index (κ3) is 3.41. The van der Waals surface area contributed by atoms with Gasteiger partial charge in [0.25, 0.3) is 0 Å². The number of likely N-dealkylation sites (tertiary alicyclic amines) is 1. The van der Waals surface area contributed by atoms with Gasteiger partial charge < -0.3 is 15.5 Å². The Morgan fingerprint density at radius 2 is 2.05 bits per heavy atom. The molecule has 19 heavy (non-hydrogen) atoms. The largest absolute Gasteiger partial charge is 0.382 e. The normalized spacial score (nSPS) is 20.5. The summed E-state index contributed by atoms with van der Waals surface area (Å²) in [7, 11) is 2.21. The lowest BCUT2D eigenvalue weighted by atomic mass is 9.98. The smallest absolute Gasteiger partial charge is 0.0390 e. The summed E-state index contributed by atoms with van der Waals surface area (Å²) in [5, 5.41) is 7.24. The van der Waals surface area contributed by atoms with Crippen LogP contribution in [0, 0.1) is 0 Å². The fraction of sp³-hybridized carbons (Fsp3) is 0.600. The molecule has 106 valence electrons. The zero-order valence-electron chi connectivity index (χ0n) is 11.6. The average molecular weight is 282 g/mol. The van der Waals surface area contributed by atoms with Crippen molar-refractivity contribution in [2.45, 2.75) is 31.8 Å². The van der Waals surface area contributed by atoms with Crippen molar-refractivity contribution in [3.8, 4) is 0 Å². The highest BCUT2D eigenvalue weighted by atomic mass is 35.5. The van der Waals surface area contributed by atoms with E-state index >= 15 is 0 Å². The van der Waals surface area contributed by atoms with E-state index < -0.39 is 0 Å². The Morgan fingerprint density at radius 1 is 1.26 bits per heavy atom. The minimum atomic E-state index is 0. The number of nitrogens with one attached hydrogen (secondary N) is 2. The van der Waals surface area contributed by atoms with E-state index in [9.17, 15) is 0 Å². The SMILES string of the molecule is CN1CCC(Nc2cccc3c2CNCC3)CC1.Cl. The van der Waals surface area contributed by atoms with Crippen LogP contribution in [0.3, 0.4) is 0 Å². The molecule has 4 heteroatoms. The average Bonchev–Trinajstić information content (AvgIpc) is 2.42. The van der Waals surface area contributed by atoms with Gasteiger partial charge in [0.1, 0.15) is 0 Å². The molecule has 0 bridgehead atoms. The maximum atomic E-state index is 3.76. The zero-order chi connectivity index (χ0) is 12.4. The van der Waals surface area contributed by atoms with E-state index in [4.69, 9.17) is 0 Å². The van der Waals surface area contributed by atoms with Crippen LogP contribution in [0.4, 0.5) is 5.69 Å². The summed E-state index contributed by atoms with van der Waals surface area (Å²) in [5.74, 6) is 0. The highest BCUT2D eigenvalue weighted by Crippen LogP contribution is 2.25. The van der Waals surface area contributed by atoms with Gasteiger partial charge >= 0.3 is 0 Å². The van der Waals surface area contributed by atoms with Gasteiger partial charge in [0.15, 0.2) is 0 Å². The first kappa shape index (κ1) is 14.6. The lowest BCUT2D eigenvalue weighted by molar-refractivity contribution is 0.264. The van der Waals surface area contributed by atoms with E-state index in [0.717, 1.165) is 19.5 Å². The summed E-state index contributed by atoms with van der Waals surface area (Å²) in [6, 6.07) is 7.36. The third-order valence-corrected chi connectivity index (χ3v) is 4.22. The van der Waals surface area contributed by atoms with Crippen molar-refractivity contribution in [2.75, 3.05) is 32.0 Å². The van der Waals surface area contributed by atoms with Crippen molar-refractivity contribution in [1.82, 2.24) is 10.2 Å². The van der Waals surface area contributed by atoms with Gasteiger partial charge in [0.2, 0.25) is 0 Å². The minimum absolute atomic E-state index is 0. The quantitative estimate of drug-likeness (QED) is 0.871. The highest BCUT2D eigenvalue weighted by molar-refractivity contribution is 5.85. The molecule has 0 amide bonds. The monoisotopic (exact) mass is 281 g/mol. The van der Waals surface area contributed by atoms with Crippen LogP contribution >= 0.6 is 12.4 Å². The molecule has 0 saturated carbocycles. The molecule has 1 saturated heterocycles. The van der Waals surface area contributed by atoms with Gasteiger partial charge in [-0.25, -0.2) is 0 Å². The standard InChI is InChI=1S/C15H23N3.ClH/c1-18-9-6-13(7-10-18)17-15-4-2-3-12-5-8-16-11-14(12)15;/h2-4,13,16-17H,5-11H2,1H3;1H. The van der Waals surface area contributed by atoms with Crippen LogP contribution in [0.2, 0.25) is 0 Å². The second-order valence-corrected chi connectivity index (χ2v) is 5.59. The van der Waals surface area contributed by atoms with Crippen LogP contribution in [0.15, 0.2) is 18.2 Å². The van der Waals surface area contributed by atoms with Gasteiger partial charge in [0, 0.05) is 18.3 Å². The molecule has 2 aliphatic heterocycles. The summed E-state index contributed by atoms with van der Waals surface area (Å²) >= 11 is 0. The Kier molecular flexibility index (Phi) is 5.08. The first-order valence-corrected chi connectivity index (χ1v) is 7.09. The molecule has 0 spiro atoms. The lowest BCUT2D eigenvalue weighted by Crippen LogP contribution is -2.37. The predicted molar refractivity (Wildman–Crippen MR) is 83.2 cm³/mol. The van der Waals surface area contributed by atoms with E-state index in [0.29, 0.717) is 6.04 Å². The summed E-state index contributed by atoms with van der Waals surface area (Å²) in [6.45, 7) is 4.56. The molecule has 3 rings (SSSR count). The van der Waals surface area contributed by atoms with Gasteiger partial charge in [0.05, 0.1) is 0 Å². The van der Waals surface area contributed by atoms with Crippen LogP contribution < -0.4 is 10.6 Å². The molecule has 1 aromatic rings. The number of rotatable bonds is 2. The second-order valence-electron chi connectivity index (χ2n) is 5.59. The molecule has 0 atom stereocenters. The van der Waals surface area contributed by atoms with Crippen LogP contribution in [0.5, 0.6) is 0 Å². The summed E-state index contributed by atoms with van der Waals surface area (Å²) in [6.07, 6.45) is 3.68. The van der Waals surface area contributed by atoms with E-state index in [-0.39, 0.29) is 12.4 Å². The van der Waals surface area contributed by atoms with E-state index in [1.165, 1.54) is 42.7 Å². The topological polar surface area (TPSA) is 27.3 Å². The van der Waals surface area contributed by atoms with Crippen molar-refractivity contribution in [3.05, 3.63) is 29.3 Å². The molecule has 2 heterocycles. The first-order chi connectivity index (χ1) is 8.83. The Balaban J connectivity index is 0.00000133. The highest BCUT2D eigenvalue weighted by Gasteiger charge is 2.19. The Bertz CT molecular complexity index is 414. The van der Waals surface area contributed by atoms with Crippen molar-refractivity contribution in [3.63, 3.8) is 0 Å². The maximum Gasteiger partial charge on any atom is 0.0390 e. The van der Waals surface area contributed by atoms with Crippen molar-refractivity contribution >= 4 is 18.1 Å². The van der Waals surface area contributed by atoms with Crippen LogP contribution in [-0.2, 0) is 13.0 Å².